The van der Waals surface area contributed by atoms with E-state index in [0.717, 1.165) is 12.2 Å². The second kappa shape index (κ2) is 4.69. The monoisotopic (exact) mass is 194 g/mol. The molecule has 1 N–H and O–H groups in total. The molecule has 0 atom stereocenters. The van der Waals surface area contributed by atoms with Crippen molar-refractivity contribution in [1.82, 2.24) is 9.97 Å². The van der Waals surface area contributed by atoms with Gasteiger partial charge in [-0.15, -0.1) is 0 Å². The van der Waals surface area contributed by atoms with Gasteiger partial charge in [0.05, 0.1) is 6.42 Å². The lowest BCUT2D eigenvalue weighted by atomic mass is 10.1. The third-order valence-corrected chi connectivity index (χ3v) is 1.70. The molecule has 0 saturated carbocycles. The molecule has 1 heterocycles. The van der Waals surface area contributed by atoms with Crippen molar-refractivity contribution in [2.75, 3.05) is 0 Å². The van der Waals surface area contributed by atoms with E-state index in [-0.39, 0.29) is 6.42 Å². The molecule has 0 fully saturated rings. The summed E-state index contributed by atoms with van der Waals surface area (Å²) in [5, 5.41) is 8.53. The van der Waals surface area contributed by atoms with Crippen LogP contribution in [0.15, 0.2) is 12.4 Å². The lowest BCUT2D eigenvalue weighted by Gasteiger charge is -2.03. The summed E-state index contributed by atoms with van der Waals surface area (Å²) in [6, 6.07) is 0. The van der Waals surface area contributed by atoms with E-state index in [1.807, 2.05) is 0 Å². The highest BCUT2D eigenvalue weighted by Gasteiger charge is 2.03. The predicted octanol–water partition coefficient (Wildman–Crippen LogP) is 1.30. The van der Waals surface area contributed by atoms with Crippen molar-refractivity contribution in [3.05, 3.63) is 23.8 Å². The number of carboxylic acids is 1. The molecular formula is C10H14N2O2. The van der Waals surface area contributed by atoms with Gasteiger partial charge in [0.2, 0.25) is 0 Å². The molecule has 0 bridgehead atoms. The first kappa shape index (κ1) is 10.6. The Labute approximate surface area is 83.0 Å². The highest BCUT2D eigenvalue weighted by Crippen LogP contribution is 2.03. The standard InChI is InChI=1S/C10H14N2O2/c1-7(2)3-9-11-5-8(6-12-9)4-10(13)14/h5-7H,3-4H2,1-2H3,(H,13,14). The van der Waals surface area contributed by atoms with Crippen LogP contribution in [0.1, 0.15) is 25.2 Å². The Morgan fingerprint density at radius 2 is 2.00 bits per heavy atom. The quantitative estimate of drug-likeness (QED) is 0.784. The van der Waals surface area contributed by atoms with Crippen LogP contribution in [0, 0.1) is 5.92 Å². The van der Waals surface area contributed by atoms with Crippen molar-refractivity contribution in [1.29, 1.82) is 0 Å². The smallest absolute Gasteiger partial charge is 0.307 e. The van der Waals surface area contributed by atoms with E-state index in [9.17, 15) is 4.79 Å². The Morgan fingerprint density at radius 1 is 1.43 bits per heavy atom. The van der Waals surface area contributed by atoms with Crippen LogP contribution in [0.25, 0.3) is 0 Å². The predicted molar refractivity (Wildman–Crippen MR) is 51.9 cm³/mol. The molecule has 4 nitrogen and oxygen atoms in total. The molecule has 4 heteroatoms. The van der Waals surface area contributed by atoms with Gasteiger partial charge >= 0.3 is 5.97 Å². The van der Waals surface area contributed by atoms with Gasteiger partial charge in [0.25, 0.3) is 0 Å². The summed E-state index contributed by atoms with van der Waals surface area (Å²) in [5.41, 5.74) is 0.644. The molecule has 0 spiro atoms. The first-order valence-electron chi connectivity index (χ1n) is 4.59. The maximum Gasteiger partial charge on any atom is 0.307 e. The number of nitrogens with zero attached hydrogens (tertiary/aromatic N) is 2. The molecular weight excluding hydrogens is 180 g/mol. The van der Waals surface area contributed by atoms with E-state index in [1.165, 1.54) is 0 Å². The van der Waals surface area contributed by atoms with Crippen molar-refractivity contribution in [3.63, 3.8) is 0 Å². The molecule has 0 saturated heterocycles. The van der Waals surface area contributed by atoms with Gasteiger partial charge in [0.15, 0.2) is 0 Å². The van der Waals surface area contributed by atoms with Gasteiger partial charge in [-0.3, -0.25) is 4.79 Å². The van der Waals surface area contributed by atoms with Gasteiger partial charge in [-0.1, -0.05) is 13.8 Å². The molecule has 14 heavy (non-hydrogen) atoms. The zero-order chi connectivity index (χ0) is 10.6. The van der Waals surface area contributed by atoms with Crippen molar-refractivity contribution < 1.29 is 9.90 Å². The van der Waals surface area contributed by atoms with Crippen molar-refractivity contribution in [3.8, 4) is 0 Å². The summed E-state index contributed by atoms with van der Waals surface area (Å²) in [6.07, 6.45) is 3.98. The van der Waals surface area contributed by atoms with E-state index >= 15 is 0 Å². The number of rotatable bonds is 4. The van der Waals surface area contributed by atoms with E-state index in [0.29, 0.717) is 11.5 Å². The van der Waals surface area contributed by atoms with Crippen LogP contribution in [0.3, 0.4) is 0 Å². The molecule has 0 amide bonds. The molecule has 0 aromatic carbocycles. The summed E-state index contributed by atoms with van der Waals surface area (Å²) in [4.78, 5) is 18.6. The molecule has 0 aliphatic carbocycles. The maximum atomic E-state index is 10.4. The summed E-state index contributed by atoms with van der Waals surface area (Å²) in [6.45, 7) is 4.18. The minimum absolute atomic E-state index is 0.0119. The second-order valence-corrected chi connectivity index (χ2v) is 3.68. The Bertz CT molecular complexity index is 306. The SMILES string of the molecule is CC(C)Cc1ncc(CC(=O)O)cn1. The van der Waals surface area contributed by atoms with E-state index in [4.69, 9.17) is 5.11 Å². The number of carboxylic acid groups (broad SMARTS) is 1. The fourth-order valence-corrected chi connectivity index (χ4v) is 1.12. The van der Waals surface area contributed by atoms with Crippen LogP contribution in [-0.2, 0) is 17.6 Å². The fraction of sp³-hybridized carbons (Fsp3) is 0.500. The number of hydrogen-bond acceptors (Lipinski definition) is 3. The van der Waals surface area contributed by atoms with Crippen molar-refractivity contribution in [2.24, 2.45) is 5.92 Å². The highest BCUT2D eigenvalue weighted by molar-refractivity contribution is 5.69. The van der Waals surface area contributed by atoms with Gasteiger partial charge < -0.3 is 5.11 Å². The average molecular weight is 194 g/mol. The van der Waals surface area contributed by atoms with Crippen LogP contribution in [-0.4, -0.2) is 21.0 Å². The summed E-state index contributed by atoms with van der Waals surface area (Å²) < 4.78 is 0. The fourth-order valence-electron chi connectivity index (χ4n) is 1.12. The molecule has 0 aliphatic rings. The van der Waals surface area contributed by atoms with Gasteiger partial charge in [-0.05, 0) is 11.5 Å². The minimum Gasteiger partial charge on any atom is -0.481 e. The van der Waals surface area contributed by atoms with Gasteiger partial charge in [-0.2, -0.15) is 0 Å². The van der Waals surface area contributed by atoms with E-state index in [2.05, 4.69) is 23.8 Å². The minimum atomic E-state index is -0.856. The Balaban J connectivity index is 2.63. The molecule has 0 radical (unpaired) electrons. The second-order valence-electron chi connectivity index (χ2n) is 3.68. The van der Waals surface area contributed by atoms with Crippen LogP contribution >= 0.6 is 0 Å². The molecule has 1 aromatic heterocycles. The van der Waals surface area contributed by atoms with Gasteiger partial charge in [0.1, 0.15) is 5.82 Å². The topological polar surface area (TPSA) is 63.1 Å². The number of carbonyl (C=O) groups is 1. The molecule has 76 valence electrons. The van der Waals surface area contributed by atoms with Crippen molar-refractivity contribution in [2.45, 2.75) is 26.7 Å². The third-order valence-electron chi connectivity index (χ3n) is 1.70. The first-order chi connectivity index (χ1) is 6.58. The van der Waals surface area contributed by atoms with Gasteiger partial charge in [-0.25, -0.2) is 9.97 Å². The lowest BCUT2D eigenvalue weighted by molar-refractivity contribution is -0.136. The average Bonchev–Trinajstić information content (AvgIpc) is 2.06. The van der Waals surface area contributed by atoms with E-state index in [1.54, 1.807) is 12.4 Å². The Kier molecular flexibility index (Phi) is 3.56. The molecule has 0 unspecified atom stereocenters. The third kappa shape index (κ3) is 3.51. The zero-order valence-electron chi connectivity index (χ0n) is 8.40. The largest absolute Gasteiger partial charge is 0.481 e. The maximum absolute atomic E-state index is 10.4. The number of hydrogen-bond donors (Lipinski definition) is 1. The number of aliphatic carboxylic acids is 1. The zero-order valence-corrected chi connectivity index (χ0v) is 8.40. The van der Waals surface area contributed by atoms with Crippen LogP contribution in [0.4, 0.5) is 0 Å². The molecule has 1 rings (SSSR count). The van der Waals surface area contributed by atoms with Crippen LogP contribution in [0.2, 0.25) is 0 Å². The van der Waals surface area contributed by atoms with Crippen LogP contribution in [0.5, 0.6) is 0 Å². The summed E-state index contributed by atoms with van der Waals surface area (Å²) in [5.74, 6) is 0.430. The Morgan fingerprint density at radius 3 is 2.43 bits per heavy atom. The molecule has 0 aliphatic heterocycles. The van der Waals surface area contributed by atoms with Gasteiger partial charge in [0, 0.05) is 18.8 Å². The van der Waals surface area contributed by atoms with Crippen molar-refractivity contribution >= 4 is 5.97 Å². The normalized spacial score (nSPS) is 10.5. The molecule has 1 aromatic rings. The van der Waals surface area contributed by atoms with E-state index < -0.39 is 5.97 Å². The summed E-state index contributed by atoms with van der Waals surface area (Å²) >= 11 is 0. The first-order valence-corrected chi connectivity index (χ1v) is 4.59. The number of aromatic nitrogens is 2. The lowest BCUT2D eigenvalue weighted by Crippen LogP contribution is -2.04. The highest BCUT2D eigenvalue weighted by atomic mass is 16.4. The Hall–Kier alpha value is -1.45. The van der Waals surface area contributed by atoms with Crippen LogP contribution < -0.4 is 0 Å². The summed E-state index contributed by atoms with van der Waals surface area (Å²) in [7, 11) is 0.